The van der Waals surface area contributed by atoms with Gasteiger partial charge in [0.25, 0.3) is 0 Å². The second-order valence-corrected chi connectivity index (χ2v) is 4.29. The zero-order chi connectivity index (χ0) is 11.0. The van der Waals surface area contributed by atoms with Crippen molar-refractivity contribution in [3.63, 3.8) is 0 Å². The molecular weight excluding hydrogens is 206 g/mol. The Bertz CT molecular complexity index is 488. The number of rotatable bonds is 2. The average Bonchev–Trinajstić information content (AvgIpc) is 2.57. The highest BCUT2D eigenvalue weighted by atomic mass is 32.1. The van der Waals surface area contributed by atoms with Gasteiger partial charge < -0.3 is 9.67 Å². The summed E-state index contributed by atoms with van der Waals surface area (Å²) in [5.74, 6) is 1.03. The van der Waals surface area contributed by atoms with E-state index in [1.54, 1.807) is 6.07 Å². The van der Waals surface area contributed by atoms with E-state index in [1.165, 1.54) is 0 Å². The van der Waals surface area contributed by atoms with Crippen LogP contribution in [0.25, 0.3) is 10.9 Å². The normalized spacial score (nSPS) is 11.5. The van der Waals surface area contributed by atoms with Crippen molar-refractivity contribution in [2.45, 2.75) is 25.6 Å². The highest BCUT2D eigenvalue weighted by molar-refractivity contribution is 7.79. The van der Waals surface area contributed by atoms with Crippen LogP contribution in [0.3, 0.4) is 0 Å². The Balaban J connectivity index is 2.82. The van der Waals surface area contributed by atoms with E-state index >= 15 is 0 Å². The first-order chi connectivity index (χ1) is 7.15. The van der Waals surface area contributed by atoms with Crippen LogP contribution >= 0.6 is 12.6 Å². The minimum atomic E-state index is 0.331. The molecule has 1 N–H and O–H groups in total. The van der Waals surface area contributed by atoms with Gasteiger partial charge in [-0.1, -0.05) is 12.1 Å². The molecule has 0 aliphatic rings. The number of aromatic nitrogens is 1. The minimum absolute atomic E-state index is 0.331. The summed E-state index contributed by atoms with van der Waals surface area (Å²) >= 11 is 4.32. The molecular formula is C12H15NOS. The van der Waals surface area contributed by atoms with Crippen LogP contribution in [0.15, 0.2) is 24.3 Å². The number of thiol groups is 1. The van der Waals surface area contributed by atoms with Gasteiger partial charge in [0.15, 0.2) is 0 Å². The molecule has 0 bridgehead atoms. The van der Waals surface area contributed by atoms with Gasteiger partial charge in [0.2, 0.25) is 0 Å². The number of benzene rings is 1. The van der Waals surface area contributed by atoms with Crippen molar-refractivity contribution >= 4 is 23.5 Å². The summed E-state index contributed by atoms with van der Waals surface area (Å²) in [6.07, 6.45) is 0. The number of para-hydroxylation sites is 1. The summed E-state index contributed by atoms with van der Waals surface area (Å²) in [6.45, 7) is 4.22. The van der Waals surface area contributed by atoms with E-state index in [0.29, 0.717) is 17.5 Å². The van der Waals surface area contributed by atoms with Crippen molar-refractivity contribution in [2.75, 3.05) is 0 Å². The molecule has 0 fully saturated rings. The monoisotopic (exact) mass is 221 g/mol. The number of aromatic hydroxyl groups is 1. The van der Waals surface area contributed by atoms with Gasteiger partial charge in [-0.2, -0.15) is 12.6 Å². The lowest BCUT2D eigenvalue weighted by Crippen LogP contribution is -2.03. The summed E-state index contributed by atoms with van der Waals surface area (Å²) < 4.78 is 2.14. The van der Waals surface area contributed by atoms with E-state index in [0.717, 1.165) is 16.6 Å². The van der Waals surface area contributed by atoms with Crippen molar-refractivity contribution in [3.8, 4) is 5.75 Å². The van der Waals surface area contributed by atoms with Crippen LogP contribution in [-0.4, -0.2) is 9.67 Å². The summed E-state index contributed by atoms with van der Waals surface area (Å²) in [7, 11) is 0. The van der Waals surface area contributed by atoms with Gasteiger partial charge in [-0.3, -0.25) is 0 Å². The molecule has 0 atom stereocenters. The Labute approximate surface area is 94.9 Å². The van der Waals surface area contributed by atoms with E-state index < -0.39 is 0 Å². The van der Waals surface area contributed by atoms with E-state index in [4.69, 9.17) is 0 Å². The lowest BCUT2D eigenvalue weighted by atomic mass is 10.2. The lowest BCUT2D eigenvalue weighted by molar-refractivity contribution is 0.474. The van der Waals surface area contributed by atoms with Gasteiger partial charge in [0, 0.05) is 22.9 Å². The Morgan fingerprint density at radius 3 is 2.73 bits per heavy atom. The van der Waals surface area contributed by atoms with Gasteiger partial charge in [-0.05, 0) is 26.0 Å². The summed E-state index contributed by atoms with van der Waals surface area (Å²) in [5, 5.41) is 10.9. The standard InChI is InChI=1S/C12H15NOS/c1-8(2)13-10(7-15)6-9-4-3-5-11(14)12(9)13/h3-6,8,14-15H,7H2,1-2H3. The first-order valence-corrected chi connectivity index (χ1v) is 5.71. The fourth-order valence-electron chi connectivity index (χ4n) is 2.03. The van der Waals surface area contributed by atoms with Gasteiger partial charge in [-0.25, -0.2) is 0 Å². The third kappa shape index (κ3) is 1.61. The van der Waals surface area contributed by atoms with E-state index in [-0.39, 0.29) is 0 Å². The second-order valence-electron chi connectivity index (χ2n) is 3.97. The van der Waals surface area contributed by atoms with Crippen LogP contribution in [0.4, 0.5) is 0 Å². The van der Waals surface area contributed by atoms with E-state index in [9.17, 15) is 5.11 Å². The van der Waals surface area contributed by atoms with Crippen LogP contribution < -0.4 is 0 Å². The number of hydrogen-bond acceptors (Lipinski definition) is 2. The molecule has 0 aliphatic carbocycles. The molecule has 80 valence electrons. The lowest BCUT2D eigenvalue weighted by Gasteiger charge is -2.14. The molecule has 2 rings (SSSR count). The van der Waals surface area contributed by atoms with E-state index in [1.807, 2.05) is 12.1 Å². The Morgan fingerprint density at radius 2 is 2.13 bits per heavy atom. The Hall–Kier alpha value is -1.09. The molecule has 0 saturated heterocycles. The topological polar surface area (TPSA) is 25.2 Å². The van der Waals surface area contributed by atoms with Gasteiger partial charge in [-0.15, -0.1) is 0 Å². The molecule has 1 aromatic carbocycles. The fraction of sp³-hybridized carbons (Fsp3) is 0.333. The zero-order valence-electron chi connectivity index (χ0n) is 8.94. The largest absolute Gasteiger partial charge is 0.506 e. The van der Waals surface area contributed by atoms with Crippen molar-refractivity contribution < 1.29 is 5.11 Å². The van der Waals surface area contributed by atoms with Crippen LogP contribution in [0.1, 0.15) is 25.6 Å². The maximum absolute atomic E-state index is 9.86. The molecule has 15 heavy (non-hydrogen) atoms. The van der Waals surface area contributed by atoms with Crippen LogP contribution in [0.2, 0.25) is 0 Å². The number of nitrogens with zero attached hydrogens (tertiary/aromatic N) is 1. The van der Waals surface area contributed by atoms with Crippen molar-refractivity contribution in [1.29, 1.82) is 0 Å². The highest BCUT2D eigenvalue weighted by Gasteiger charge is 2.12. The third-order valence-electron chi connectivity index (χ3n) is 2.60. The van der Waals surface area contributed by atoms with Crippen molar-refractivity contribution in [3.05, 3.63) is 30.0 Å². The van der Waals surface area contributed by atoms with Crippen LogP contribution in [0, 0.1) is 0 Å². The average molecular weight is 221 g/mol. The fourth-order valence-corrected chi connectivity index (χ4v) is 2.28. The second kappa shape index (κ2) is 3.81. The van der Waals surface area contributed by atoms with Crippen molar-refractivity contribution in [1.82, 2.24) is 4.57 Å². The maximum Gasteiger partial charge on any atom is 0.139 e. The number of fused-ring (bicyclic) bond motifs is 1. The van der Waals surface area contributed by atoms with Crippen LogP contribution in [-0.2, 0) is 5.75 Å². The molecule has 0 unspecified atom stereocenters. The molecule has 0 radical (unpaired) electrons. The Kier molecular flexibility index (Phi) is 2.65. The Morgan fingerprint density at radius 1 is 1.40 bits per heavy atom. The molecule has 2 aromatic rings. The molecule has 0 spiro atoms. The first-order valence-electron chi connectivity index (χ1n) is 5.07. The minimum Gasteiger partial charge on any atom is -0.506 e. The van der Waals surface area contributed by atoms with Gasteiger partial charge in [0.1, 0.15) is 5.75 Å². The van der Waals surface area contributed by atoms with Gasteiger partial charge in [0.05, 0.1) is 5.52 Å². The third-order valence-corrected chi connectivity index (χ3v) is 2.92. The molecule has 1 aromatic heterocycles. The number of phenols is 1. The molecule has 3 heteroatoms. The van der Waals surface area contributed by atoms with Gasteiger partial charge >= 0.3 is 0 Å². The molecule has 2 nitrogen and oxygen atoms in total. The smallest absolute Gasteiger partial charge is 0.139 e. The summed E-state index contributed by atoms with van der Waals surface area (Å²) in [6, 6.07) is 8.02. The highest BCUT2D eigenvalue weighted by Crippen LogP contribution is 2.31. The maximum atomic E-state index is 9.86. The summed E-state index contributed by atoms with van der Waals surface area (Å²) in [4.78, 5) is 0. The van der Waals surface area contributed by atoms with Crippen LogP contribution in [0.5, 0.6) is 5.75 Å². The zero-order valence-corrected chi connectivity index (χ0v) is 9.83. The molecule has 0 amide bonds. The molecule has 0 saturated carbocycles. The number of phenolic OH excluding ortho intramolecular Hbond substituents is 1. The predicted octanol–water partition coefficient (Wildman–Crippen LogP) is 3.36. The SMILES string of the molecule is CC(C)n1c(CS)cc2cccc(O)c21. The van der Waals surface area contributed by atoms with Crippen molar-refractivity contribution in [2.24, 2.45) is 0 Å². The predicted molar refractivity (Wildman–Crippen MR) is 66.7 cm³/mol. The quantitative estimate of drug-likeness (QED) is 0.747. The van der Waals surface area contributed by atoms with E-state index in [2.05, 4.69) is 37.1 Å². The number of hydrogen-bond donors (Lipinski definition) is 2. The summed E-state index contributed by atoms with van der Waals surface area (Å²) in [5.41, 5.74) is 2.06. The molecule has 1 heterocycles. The molecule has 0 aliphatic heterocycles. The first kappa shape index (κ1) is 10.4.